The highest BCUT2D eigenvalue weighted by molar-refractivity contribution is 7.99. The fraction of sp³-hybridized carbons (Fsp3) is 1.00. The molecule has 2 fully saturated rings. The number of nitrogens with one attached hydrogen (secondary N) is 1. The van der Waals surface area contributed by atoms with Crippen LogP contribution in [-0.2, 0) is 4.74 Å². The van der Waals surface area contributed by atoms with Crippen molar-refractivity contribution in [3.8, 4) is 0 Å². The molecule has 0 amide bonds. The predicted octanol–water partition coefficient (Wildman–Crippen LogP) is 0.660. The first-order valence-electron chi connectivity index (χ1n) is 5.95. The molecular weight excluding hydrogens is 208 g/mol. The number of hydrogen-bond acceptors (Lipinski definition) is 4. The average Bonchev–Trinajstić information content (AvgIpc) is 2.31. The van der Waals surface area contributed by atoms with E-state index in [4.69, 9.17) is 4.74 Å². The summed E-state index contributed by atoms with van der Waals surface area (Å²) in [5, 5.41) is 3.43. The van der Waals surface area contributed by atoms with Crippen LogP contribution in [0.4, 0.5) is 0 Å². The van der Waals surface area contributed by atoms with Crippen molar-refractivity contribution in [1.82, 2.24) is 10.2 Å². The first-order valence-corrected chi connectivity index (χ1v) is 7.10. The first-order chi connectivity index (χ1) is 7.40. The Balaban J connectivity index is 1.79. The normalized spacial score (nSPS) is 34.2. The van der Waals surface area contributed by atoms with Gasteiger partial charge in [-0.1, -0.05) is 0 Å². The minimum absolute atomic E-state index is 0.660. The van der Waals surface area contributed by atoms with Crippen molar-refractivity contribution >= 4 is 11.8 Å². The molecule has 0 saturated carbocycles. The van der Waals surface area contributed by atoms with Crippen molar-refractivity contribution in [3.05, 3.63) is 0 Å². The molecule has 0 bridgehead atoms. The number of thioether (sulfide) groups is 1. The summed E-state index contributed by atoms with van der Waals surface area (Å²) in [6.07, 6.45) is 1.17. The Morgan fingerprint density at radius 1 is 1.40 bits per heavy atom. The molecule has 0 radical (unpaired) electrons. The number of ether oxygens (including phenoxy) is 1. The van der Waals surface area contributed by atoms with Gasteiger partial charge in [-0.05, 0) is 13.5 Å². The van der Waals surface area contributed by atoms with Gasteiger partial charge >= 0.3 is 0 Å². The Kier molecular flexibility index (Phi) is 4.75. The van der Waals surface area contributed by atoms with Crippen LogP contribution in [0.2, 0.25) is 0 Å². The summed E-state index contributed by atoms with van der Waals surface area (Å²) in [6.45, 7) is 5.61. The van der Waals surface area contributed by atoms with Gasteiger partial charge in [0.1, 0.15) is 0 Å². The molecule has 2 heterocycles. The average molecular weight is 230 g/mol. The second-order valence-corrected chi connectivity index (χ2v) is 5.66. The molecule has 2 unspecified atom stereocenters. The third-order valence-corrected chi connectivity index (χ3v) is 4.38. The van der Waals surface area contributed by atoms with E-state index in [9.17, 15) is 0 Å². The third-order valence-electron chi connectivity index (χ3n) is 3.44. The summed E-state index contributed by atoms with van der Waals surface area (Å²) >= 11 is 2.08. The summed E-state index contributed by atoms with van der Waals surface area (Å²) in [5.74, 6) is 3.29. The minimum atomic E-state index is 0.660. The highest BCUT2D eigenvalue weighted by Crippen LogP contribution is 2.18. The smallest absolute Gasteiger partial charge is 0.0521 e. The Morgan fingerprint density at radius 2 is 2.20 bits per heavy atom. The molecule has 0 aromatic rings. The molecule has 0 spiro atoms. The van der Waals surface area contributed by atoms with Crippen LogP contribution in [0.3, 0.4) is 0 Å². The van der Waals surface area contributed by atoms with E-state index < -0.39 is 0 Å². The van der Waals surface area contributed by atoms with Crippen LogP contribution in [0, 0.1) is 5.92 Å². The van der Waals surface area contributed by atoms with E-state index in [-0.39, 0.29) is 0 Å². The zero-order valence-corrected chi connectivity index (χ0v) is 10.4. The molecule has 2 rings (SSSR count). The van der Waals surface area contributed by atoms with Gasteiger partial charge in [-0.2, -0.15) is 11.8 Å². The van der Waals surface area contributed by atoms with Crippen LogP contribution < -0.4 is 5.32 Å². The predicted molar refractivity (Wildman–Crippen MR) is 65.5 cm³/mol. The minimum Gasteiger partial charge on any atom is -0.381 e. The monoisotopic (exact) mass is 230 g/mol. The van der Waals surface area contributed by atoms with Crippen LogP contribution in [0.1, 0.15) is 6.42 Å². The number of hydrogen-bond donors (Lipinski definition) is 1. The van der Waals surface area contributed by atoms with Crippen molar-refractivity contribution in [2.24, 2.45) is 5.92 Å². The zero-order valence-electron chi connectivity index (χ0n) is 9.58. The summed E-state index contributed by atoms with van der Waals surface area (Å²) in [5.41, 5.74) is 0. The summed E-state index contributed by atoms with van der Waals surface area (Å²) in [7, 11) is 2.08. The van der Waals surface area contributed by atoms with Gasteiger partial charge in [0.2, 0.25) is 0 Å². The van der Waals surface area contributed by atoms with Crippen LogP contribution >= 0.6 is 11.8 Å². The van der Waals surface area contributed by atoms with Crippen LogP contribution in [0.5, 0.6) is 0 Å². The fourth-order valence-electron chi connectivity index (χ4n) is 2.47. The molecule has 2 aliphatic heterocycles. The van der Waals surface area contributed by atoms with E-state index in [1.165, 1.54) is 37.6 Å². The Bertz CT molecular complexity index is 185. The van der Waals surface area contributed by atoms with Gasteiger partial charge in [0.25, 0.3) is 0 Å². The number of rotatable bonds is 3. The number of nitrogens with zero attached hydrogens (tertiary/aromatic N) is 1. The molecule has 1 N–H and O–H groups in total. The molecule has 88 valence electrons. The molecule has 2 atom stereocenters. The molecule has 0 aliphatic carbocycles. The van der Waals surface area contributed by atoms with Gasteiger partial charge in [-0.25, -0.2) is 0 Å². The topological polar surface area (TPSA) is 24.5 Å². The second-order valence-electron chi connectivity index (χ2n) is 4.43. The van der Waals surface area contributed by atoms with Crippen molar-refractivity contribution in [2.45, 2.75) is 12.5 Å². The Hall–Kier alpha value is 0.230. The lowest BCUT2D eigenvalue weighted by Gasteiger charge is -2.36. The van der Waals surface area contributed by atoms with Crippen molar-refractivity contribution < 1.29 is 4.74 Å². The summed E-state index contributed by atoms with van der Waals surface area (Å²) in [4.78, 5) is 2.60. The molecule has 3 nitrogen and oxygen atoms in total. The van der Waals surface area contributed by atoms with E-state index >= 15 is 0 Å². The molecule has 2 saturated heterocycles. The highest BCUT2D eigenvalue weighted by atomic mass is 32.2. The lowest BCUT2D eigenvalue weighted by Crippen LogP contribution is -2.48. The van der Waals surface area contributed by atoms with Gasteiger partial charge in [-0.3, -0.25) is 0 Å². The lowest BCUT2D eigenvalue weighted by atomic mass is 9.95. The molecule has 0 aromatic carbocycles. The SMILES string of the molecule is CNC1CCOCC1CN1CCSCC1. The van der Waals surface area contributed by atoms with Crippen LogP contribution in [0.15, 0.2) is 0 Å². The van der Waals surface area contributed by atoms with E-state index in [0.717, 1.165) is 13.2 Å². The van der Waals surface area contributed by atoms with Gasteiger partial charge < -0.3 is 15.0 Å². The Morgan fingerprint density at radius 3 is 2.93 bits per heavy atom. The first kappa shape index (κ1) is 11.7. The maximum atomic E-state index is 5.58. The van der Waals surface area contributed by atoms with Gasteiger partial charge in [-0.15, -0.1) is 0 Å². The highest BCUT2D eigenvalue weighted by Gasteiger charge is 2.26. The van der Waals surface area contributed by atoms with Crippen molar-refractivity contribution in [3.63, 3.8) is 0 Å². The summed E-state index contributed by atoms with van der Waals surface area (Å²) in [6, 6.07) is 0.660. The third kappa shape index (κ3) is 3.34. The maximum Gasteiger partial charge on any atom is 0.0521 e. The van der Waals surface area contributed by atoms with E-state index in [1.54, 1.807) is 0 Å². The van der Waals surface area contributed by atoms with Gasteiger partial charge in [0.15, 0.2) is 0 Å². The Labute approximate surface area is 96.9 Å². The largest absolute Gasteiger partial charge is 0.381 e. The lowest BCUT2D eigenvalue weighted by molar-refractivity contribution is 0.0197. The maximum absolute atomic E-state index is 5.58. The van der Waals surface area contributed by atoms with E-state index in [1.807, 2.05) is 0 Å². The van der Waals surface area contributed by atoms with E-state index in [0.29, 0.717) is 12.0 Å². The summed E-state index contributed by atoms with van der Waals surface area (Å²) < 4.78 is 5.58. The van der Waals surface area contributed by atoms with Crippen molar-refractivity contribution in [1.29, 1.82) is 0 Å². The van der Waals surface area contributed by atoms with Crippen molar-refractivity contribution in [2.75, 3.05) is 51.4 Å². The second kappa shape index (κ2) is 6.09. The van der Waals surface area contributed by atoms with E-state index in [2.05, 4.69) is 29.0 Å². The standard InChI is InChI=1S/C11H22N2OS/c1-12-11-2-5-14-9-10(11)8-13-3-6-15-7-4-13/h10-12H,2-9H2,1H3. The molecule has 4 heteroatoms. The fourth-order valence-corrected chi connectivity index (χ4v) is 3.45. The quantitative estimate of drug-likeness (QED) is 0.770. The molecule has 2 aliphatic rings. The molecule has 15 heavy (non-hydrogen) atoms. The van der Waals surface area contributed by atoms with Gasteiger partial charge in [0, 0.05) is 49.7 Å². The molecular formula is C11H22N2OS. The van der Waals surface area contributed by atoms with Gasteiger partial charge in [0.05, 0.1) is 6.61 Å². The molecule has 0 aromatic heterocycles. The zero-order chi connectivity index (χ0) is 10.5. The van der Waals surface area contributed by atoms with Crippen LogP contribution in [0.25, 0.3) is 0 Å². The van der Waals surface area contributed by atoms with Crippen LogP contribution in [-0.4, -0.2) is 62.3 Å².